The van der Waals surface area contributed by atoms with E-state index in [1.165, 1.54) is 4.31 Å². The number of sulfonamides is 1. The number of rotatable bonds is 7. The van der Waals surface area contributed by atoms with E-state index in [0.29, 0.717) is 16.5 Å². The molecule has 2 aromatic carbocycles. The first-order valence-electron chi connectivity index (χ1n) is 8.20. The fourth-order valence-corrected chi connectivity index (χ4v) is 4.20. The third kappa shape index (κ3) is 5.13. The number of hydrogen-bond acceptors (Lipinski definition) is 4. The number of benzene rings is 2. The third-order valence-electron chi connectivity index (χ3n) is 3.93. The highest BCUT2D eigenvalue weighted by Gasteiger charge is 2.24. The second kappa shape index (κ2) is 8.29. The second-order valence-corrected chi connectivity index (χ2v) is 8.75. The van der Waals surface area contributed by atoms with Gasteiger partial charge in [0.1, 0.15) is 18.5 Å². The monoisotopic (exact) mass is 397 g/mol. The van der Waals surface area contributed by atoms with Gasteiger partial charge in [-0.05, 0) is 44.0 Å². The van der Waals surface area contributed by atoms with Gasteiger partial charge in [0.05, 0.1) is 23.5 Å². The van der Waals surface area contributed by atoms with Crippen molar-refractivity contribution in [1.82, 2.24) is 0 Å². The van der Waals surface area contributed by atoms with Crippen LogP contribution in [-0.4, -0.2) is 39.0 Å². The summed E-state index contributed by atoms with van der Waals surface area (Å²) in [6.07, 6.45) is 0.119. The van der Waals surface area contributed by atoms with E-state index in [1.54, 1.807) is 24.3 Å². The number of ether oxygens (including phenoxy) is 1. The van der Waals surface area contributed by atoms with E-state index < -0.39 is 16.1 Å². The summed E-state index contributed by atoms with van der Waals surface area (Å²) in [7, 11) is -3.57. The van der Waals surface area contributed by atoms with Crippen molar-refractivity contribution in [3.8, 4) is 5.75 Å². The van der Waals surface area contributed by atoms with E-state index in [9.17, 15) is 13.5 Å². The number of nitrogens with zero attached hydrogens (tertiary/aromatic N) is 1. The molecule has 0 bridgehead atoms. The average molecular weight is 398 g/mol. The predicted molar refractivity (Wildman–Crippen MR) is 106 cm³/mol. The van der Waals surface area contributed by atoms with Crippen LogP contribution in [0.25, 0.3) is 0 Å². The molecule has 0 unspecified atom stereocenters. The van der Waals surface area contributed by atoms with Gasteiger partial charge in [-0.15, -0.1) is 0 Å². The summed E-state index contributed by atoms with van der Waals surface area (Å²) in [6.45, 7) is 5.51. The zero-order chi connectivity index (χ0) is 19.5. The molecule has 1 atom stereocenters. The number of para-hydroxylation sites is 1. The van der Waals surface area contributed by atoms with Crippen LogP contribution in [0.15, 0.2) is 36.4 Å². The van der Waals surface area contributed by atoms with Gasteiger partial charge in [0, 0.05) is 0 Å². The van der Waals surface area contributed by atoms with Crippen molar-refractivity contribution in [3.63, 3.8) is 0 Å². The maximum absolute atomic E-state index is 12.3. The Bertz CT molecular complexity index is 860. The molecule has 142 valence electrons. The largest absolute Gasteiger partial charge is 0.489 e. The highest BCUT2D eigenvalue weighted by atomic mass is 35.5. The molecule has 0 spiro atoms. The SMILES string of the molecule is Cc1cc(C)c(N(C[C@@H](O)COc2ccccc2Cl)S(C)(=O)=O)c(C)c1. The lowest BCUT2D eigenvalue weighted by molar-refractivity contribution is 0.115. The Hall–Kier alpha value is -1.76. The summed E-state index contributed by atoms with van der Waals surface area (Å²) in [5.41, 5.74) is 3.33. The molecule has 26 heavy (non-hydrogen) atoms. The van der Waals surface area contributed by atoms with Gasteiger partial charge in [0.15, 0.2) is 0 Å². The van der Waals surface area contributed by atoms with Crippen LogP contribution in [0.1, 0.15) is 16.7 Å². The predicted octanol–water partition coefficient (Wildman–Crippen LogP) is 3.47. The van der Waals surface area contributed by atoms with Crippen LogP contribution in [0.3, 0.4) is 0 Å². The molecule has 1 N–H and O–H groups in total. The molecular formula is C19H24ClNO4S. The fourth-order valence-electron chi connectivity index (χ4n) is 2.95. The molecule has 2 rings (SSSR count). The van der Waals surface area contributed by atoms with Crippen molar-refractivity contribution in [2.75, 3.05) is 23.7 Å². The highest BCUT2D eigenvalue weighted by molar-refractivity contribution is 7.92. The van der Waals surface area contributed by atoms with E-state index in [2.05, 4.69) is 0 Å². The summed E-state index contributed by atoms with van der Waals surface area (Å²) in [6, 6.07) is 10.8. The Balaban J connectivity index is 2.20. The fraction of sp³-hybridized carbons (Fsp3) is 0.368. The van der Waals surface area contributed by atoms with Gasteiger partial charge < -0.3 is 9.84 Å². The lowest BCUT2D eigenvalue weighted by atomic mass is 10.0. The molecule has 2 aromatic rings. The molecule has 0 aliphatic carbocycles. The number of hydrogen-bond donors (Lipinski definition) is 1. The van der Waals surface area contributed by atoms with E-state index in [-0.39, 0.29) is 13.2 Å². The number of aliphatic hydroxyl groups excluding tert-OH is 1. The van der Waals surface area contributed by atoms with Crippen molar-refractivity contribution >= 4 is 27.3 Å². The molecule has 0 amide bonds. The summed E-state index contributed by atoms with van der Waals surface area (Å²) in [4.78, 5) is 0. The van der Waals surface area contributed by atoms with Gasteiger partial charge in [-0.1, -0.05) is 41.4 Å². The summed E-state index contributed by atoms with van der Waals surface area (Å²) in [5.74, 6) is 0.446. The van der Waals surface area contributed by atoms with E-state index in [0.717, 1.165) is 22.9 Å². The Morgan fingerprint density at radius 3 is 2.27 bits per heavy atom. The third-order valence-corrected chi connectivity index (χ3v) is 5.37. The molecule has 0 fully saturated rings. The summed E-state index contributed by atoms with van der Waals surface area (Å²) < 4.78 is 31.4. The second-order valence-electron chi connectivity index (χ2n) is 6.44. The van der Waals surface area contributed by atoms with Crippen LogP contribution in [0.2, 0.25) is 5.02 Å². The van der Waals surface area contributed by atoms with Gasteiger partial charge in [0.2, 0.25) is 10.0 Å². The quantitative estimate of drug-likeness (QED) is 0.776. The minimum atomic E-state index is -3.57. The normalized spacial score (nSPS) is 12.7. The highest BCUT2D eigenvalue weighted by Crippen LogP contribution is 2.29. The van der Waals surface area contributed by atoms with Gasteiger partial charge in [-0.3, -0.25) is 4.31 Å². The zero-order valence-electron chi connectivity index (χ0n) is 15.4. The number of anilines is 1. The van der Waals surface area contributed by atoms with Crippen molar-refractivity contribution in [3.05, 3.63) is 58.1 Å². The minimum Gasteiger partial charge on any atom is -0.489 e. The van der Waals surface area contributed by atoms with Gasteiger partial charge >= 0.3 is 0 Å². The summed E-state index contributed by atoms with van der Waals surface area (Å²) >= 11 is 6.03. The Morgan fingerprint density at radius 2 is 1.73 bits per heavy atom. The molecular weight excluding hydrogens is 374 g/mol. The van der Waals surface area contributed by atoms with Crippen molar-refractivity contribution < 1.29 is 18.3 Å². The number of aryl methyl sites for hydroxylation is 3. The molecule has 0 saturated heterocycles. The number of halogens is 1. The van der Waals surface area contributed by atoms with E-state index >= 15 is 0 Å². The van der Waals surface area contributed by atoms with Gasteiger partial charge in [-0.25, -0.2) is 8.42 Å². The Kier molecular flexibility index (Phi) is 6.55. The van der Waals surface area contributed by atoms with Crippen LogP contribution < -0.4 is 9.04 Å². The first kappa shape index (κ1) is 20.6. The first-order chi connectivity index (χ1) is 12.1. The molecule has 5 nitrogen and oxygen atoms in total. The lowest BCUT2D eigenvalue weighted by Crippen LogP contribution is -2.40. The van der Waals surface area contributed by atoms with Crippen molar-refractivity contribution in [1.29, 1.82) is 0 Å². The molecule has 0 aromatic heterocycles. The molecule has 0 aliphatic heterocycles. The van der Waals surface area contributed by atoms with Crippen LogP contribution >= 0.6 is 11.6 Å². The standard InChI is InChI=1S/C19H24ClNO4S/c1-13-9-14(2)19(15(3)10-13)21(26(4,23)24)11-16(22)12-25-18-8-6-5-7-17(18)20/h5-10,16,22H,11-12H2,1-4H3/t16-/m1/s1. The van der Waals surface area contributed by atoms with Gasteiger partial charge in [0.25, 0.3) is 0 Å². The van der Waals surface area contributed by atoms with E-state index in [4.69, 9.17) is 16.3 Å². The molecule has 0 heterocycles. The maximum Gasteiger partial charge on any atom is 0.232 e. The van der Waals surface area contributed by atoms with Crippen LogP contribution in [0, 0.1) is 20.8 Å². The zero-order valence-corrected chi connectivity index (χ0v) is 16.9. The van der Waals surface area contributed by atoms with Crippen LogP contribution in [0.5, 0.6) is 5.75 Å². The smallest absolute Gasteiger partial charge is 0.232 e. The lowest BCUT2D eigenvalue weighted by Gasteiger charge is -2.28. The minimum absolute atomic E-state index is 0.0697. The average Bonchev–Trinajstić information content (AvgIpc) is 2.51. The molecule has 0 radical (unpaired) electrons. The summed E-state index contributed by atoms with van der Waals surface area (Å²) in [5, 5.41) is 10.8. The Labute approximate surface area is 160 Å². The van der Waals surface area contributed by atoms with Crippen molar-refractivity contribution in [2.24, 2.45) is 0 Å². The molecule has 0 aliphatic rings. The first-order valence-corrected chi connectivity index (χ1v) is 10.4. The molecule has 7 heteroatoms. The maximum atomic E-state index is 12.3. The Morgan fingerprint density at radius 1 is 1.15 bits per heavy atom. The topological polar surface area (TPSA) is 66.8 Å². The number of aliphatic hydroxyl groups is 1. The van der Waals surface area contributed by atoms with Crippen LogP contribution in [-0.2, 0) is 10.0 Å². The van der Waals surface area contributed by atoms with Gasteiger partial charge in [-0.2, -0.15) is 0 Å². The van der Waals surface area contributed by atoms with Crippen LogP contribution in [0.4, 0.5) is 5.69 Å². The molecule has 0 saturated carbocycles. The van der Waals surface area contributed by atoms with Crippen molar-refractivity contribution in [2.45, 2.75) is 26.9 Å². The van der Waals surface area contributed by atoms with E-state index in [1.807, 2.05) is 32.9 Å².